The average molecular weight is 315 g/mol. The fraction of sp³-hybridized carbons (Fsp3) is 0.357. The quantitative estimate of drug-likeness (QED) is 0.817. The summed E-state index contributed by atoms with van der Waals surface area (Å²) in [7, 11) is 1.61. The van der Waals surface area contributed by atoms with Crippen LogP contribution in [0.4, 0.5) is 17.6 Å². The number of hydrogen-bond acceptors (Lipinski definition) is 2. The number of aromatic nitrogens is 2. The van der Waals surface area contributed by atoms with Gasteiger partial charge in [-0.05, 0) is 18.2 Å². The Hall–Kier alpha value is -2.09. The fourth-order valence-electron chi connectivity index (χ4n) is 2.77. The number of rotatable bonds is 1. The first-order valence-electron chi connectivity index (χ1n) is 6.68. The highest BCUT2D eigenvalue weighted by Crippen LogP contribution is 2.32. The third-order valence-electron chi connectivity index (χ3n) is 3.83. The summed E-state index contributed by atoms with van der Waals surface area (Å²) in [5.41, 5.74) is -0.456. The number of alkyl halides is 3. The van der Waals surface area contributed by atoms with E-state index >= 15 is 0 Å². The van der Waals surface area contributed by atoms with E-state index in [1.165, 1.54) is 10.7 Å². The van der Waals surface area contributed by atoms with E-state index in [1.807, 2.05) is 0 Å². The molecule has 2 heterocycles. The molecule has 2 aromatic rings. The van der Waals surface area contributed by atoms with Crippen molar-refractivity contribution in [3.05, 3.63) is 51.2 Å². The zero-order valence-electron chi connectivity index (χ0n) is 11.7. The van der Waals surface area contributed by atoms with Gasteiger partial charge in [0.25, 0.3) is 5.56 Å². The Morgan fingerprint density at radius 1 is 1.27 bits per heavy atom. The lowest BCUT2D eigenvalue weighted by molar-refractivity contribution is -0.140. The van der Waals surface area contributed by atoms with E-state index in [0.29, 0.717) is 31.1 Å². The van der Waals surface area contributed by atoms with E-state index in [9.17, 15) is 22.4 Å². The van der Waals surface area contributed by atoms with Gasteiger partial charge in [-0.15, -0.1) is 0 Å². The molecular weight excluding hydrogens is 302 g/mol. The number of nitrogens with one attached hydrogen (secondary N) is 1. The molecule has 0 saturated carbocycles. The summed E-state index contributed by atoms with van der Waals surface area (Å²) in [6.45, 7) is 1.07. The van der Waals surface area contributed by atoms with Gasteiger partial charge in [0.15, 0.2) is 0 Å². The molecule has 0 radical (unpaired) electrons. The van der Waals surface area contributed by atoms with Crippen LogP contribution in [0.3, 0.4) is 0 Å². The second-order valence-corrected chi connectivity index (χ2v) is 5.15. The van der Waals surface area contributed by atoms with Crippen LogP contribution in [-0.2, 0) is 26.2 Å². The molecule has 0 fully saturated rings. The number of halogens is 4. The minimum atomic E-state index is -4.81. The molecule has 8 heteroatoms. The largest absolute Gasteiger partial charge is 0.419 e. The Bertz CT molecular complexity index is 789. The van der Waals surface area contributed by atoms with Gasteiger partial charge in [-0.2, -0.15) is 13.2 Å². The van der Waals surface area contributed by atoms with Gasteiger partial charge in [0.05, 0.1) is 16.8 Å². The highest BCUT2D eigenvalue weighted by Gasteiger charge is 2.34. The van der Waals surface area contributed by atoms with Crippen LogP contribution >= 0.6 is 0 Å². The monoisotopic (exact) mass is 315 g/mol. The molecule has 0 saturated heterocycles. The van der Waals surface area contributed by atoms with Crippen molar-refractivity contribution in [3.8, 4) is 5.69 Å². The molecule has 1 aromatic carbocycles. The fourth-order valence-corrected chi connectivity index (χ4v) is 2.77. The Morgan fingerprint density at radius 2 is 2.00 bits per heavy atom. The first-order chi connectivity index (χ1) is 10.3. The summed E-state index contributed by atoms with van der Waals surface area (Å²) in [6.07, 6.45) is -4.20. The Morgan fingerprint density at radius 3 is 2.64 bits per heavy atom. The molecule has 1 aliphatic heterocycles. The molecule has 0 amide bonds. The summed E-state index contributed by atoms with van der Waals surface area (Å²) >= 11 is 0. The van der Waals surface area contributed by atoms with Gasteiger partial charge in [0.2, 0.25) is 0 Å². The maximum Gasteiger partial charge on any atom is 0.419 e. The van der Waals surface area contributed by atoms with E-state index in [2.05, 4.69) is 5.32 Å². The standard InChI is InChI=1S/C14H13F4N3O/c1-20-12-4-5-19-7-9(12)13(22)21(20)8-2-3-11(15)10(6-8)14(16,17)18/h2-3,6,19H,4-5,7H2,1H3. The van der Waals surface area contributed by atoms with Crippen molar-refractivity contribution >= 4 is 0 Å². The first-order valence-corrected chi connectivity index (χ1v) is 6.68. The number of benzene rings is 1. The van der Waals surface area contributed by atoms with Crippen molar-refractivity contribution in [1.82, 2.24) is 14.7 Å². The van der Waals surface area contributed by atoms with Gasteiger partial charge in [-0.25, -0.2) is 9.07 Å². The molecule has 22 heavy (non-hydrogen) atoms. The predicted octanol–water partition coefficient (Wildman–Crippen LogP) is 1.98. The molecule has 118 valence electrons. The third-order valence-corrected chi connectivity index (χ3v) is 3.83. The van der Waals surface area contributed by atoms with Crippen molar-refractivity contribution in [3.63, 3.8) is 0 Å². The Labute approximate surface area is 122 Å². The molecule has 0 unspecified atom stereocenters. The van der Waals surface area contributed by atoms with Crippen molar-refractivity contribution in [2.24, 2.45) is 7.05 Å². The molecule has 0 spiro atoms. The molecule has 1 N–H and O–H groups in total. The second kappa shape index (κ2) is 4.98. The van der Waals surface area contributed by atoms with E-state index in [4.69, 9.17) is 0 Å². The van der Waals surface area contributed by atoms with Crippen LogP contribution < -0.4 is 10.9 Å². The Balaban J connectivity index is 2.21. The summed E-state index contributed by atoms with van der Waals surface area (Å²) in [5.74, 6) is -1.36. The van der Waals surface area contributed by atoms with Gasteiger partial charge in [0, 0.05) is 32.3 Å². The van der Waals surface area contributed by atoms with Gasteiger partial charge < -0.3 is 5.32 Å². The zero-order valence-corrected chi connectivity index (χ0v) is 11.7. The molecule has 1 aromatic heterocycles. The third kappa shape index (κ3) is 2.23. The lowest BCUT2D eigenvalue weighted by Gasteiger charge is -2.15. The van der Waals surface area contributed by atoms with Crippen molar-refractivity contribution in [2.45, 2.75) is 19.1 Å². The highest BCUT2D eigenvalue weighted by molar-refractivity contribution is 5.39. The van der Waals surface area contributed by atoms with Gasteiger partial charge >= 0.3 is 6.18 Å². The topological polar surface area (TPSA) is 39.0 Å². The lowest BCUT2D eigenvalue weighted by atomic mass is 10.1. The van der Waals surface area contributed by atoms with Gasteiger partial charge in [-0.1, -0.05) is 0 Å². The van der Waals surface area contributed by atoms with Crippen molar-refractivity contribution < 1.29 is 17.6 Å². The van der Waals surface area contributed by atoms with Gasteiger partial charge in [0.1, 0.15) is 5.82 Å². The minimum Gasteiger partial charge on any atom is -0.312 e. The molecule has 4 nitrogen and oxygen atoms in total. The summed E-state index contributed by atoms with van der Waals surface area (Å²) in [6, 6.07) is 2.56. The summed E-state index contributed by atoms with van der Waals surface area (Å²) < 4.78 is 54.5. The zero-order chi connectivity index (χ0) is 16.1. The maximum absolute atomic E-state index is 13.4. The van der Waals surface area contributed by atoms with E-state index < -0.39 is 17.6 Å². The van der Waals surface area contributed by atoms with Crippen molar-refractivity contribution in [1.29, 1.82) is 0 Å². The van der Waals surface area contributed by atoms with E-state index in [-0.39, 0.29) is 11.2 Å². The first kappa shape index (κ1) is 14.8. The normalized spacial score (nSPS) is 15.0. The number of fused-ring (bicyclic) bond motifs is 1. The lowest BCUT2D eigenvalue weighted by Crippen LogP contribution is -2.27. The Kier molecular flexibility index (Phi) is 3.36. The van der Waals surface area contributed by atoms with Crippen LogP contribution in [-0.4, -0.2) is 15.9 Å². The van der Waals surface area contributed by atoms with Crippen LogP contribution in [0, 0.1) is 5.82 Å². The number of hydrogen-bond donors (Lipinski definition) is 1. The molecule has 0 bridgehead atoms. The smallest absolute Gasteiger partial charge is 0.312 e. The van der Waals surface area contributed by atoms with E-state index in [0.717, 1.165) is 16.4 Å². The summed E-state index contributed by atoms with van der Waals surface area (Å²) in [5, 5.41) is 3.05. The van der Waals surface area contributed by atoms with Crippen molar-refractivity contribution in [2.75, 3.05) is 6.54 Å². The van der Waals surface area contributed by atoms with Crippen LogP contribution in [0.1, 0.15) is 16.8 Å². The molecular formula is C14H13F4N3O. The maximum atomic E-state index is 13.4. The minimum absolute atomic E-state index is 0.00405. The molecule has 3 rings (SSSR count). The number of nitrogens with zero attached hydrogens (tertiary/aromatic N) is 2. The van der Waals surface area contributed by atoms with Crippen LogP contribution in [0.15, 0.2) is 23.0 Å². The molecule has 0 aliphatic carbocycles. The van der Waals surface area contributed by atoms with Crippen LogP contribution in [0.5, 0.6) is 0 Å². The van der Waals surface area contributed by atoms with Gasteiger partial charge in [-0.3, -0.25) is 9.48 Å². The van der Waals surface area contributed by atoms with E-state index in [1.54, 1.807) is 7.05 Å². The van der Waals surface area contributed by atoms with Crippen LogP contribution in [0.2, 0.25) is 0 Å². The van der Waals surface area contributed by atoms with Crippen LogP contribution in [0.25, 0.3) is 5.69 Å². The SMILES string of the molecule is Cn1c2c(c(=O)n1-c1ccc(F)c(C(F)(F)F)c1)CNCC2. The molecule has 0 atom stereocenters. The molecule has 1 aliphatic rings. The second-order valence-electron chi connectivity index (χ2n) is 5.15. The highest BCUT2D eigenvalue weighted by atomic mass is 19.4. The predicted molar refractivity (Wildman–Crippen MR) is 71.4 cm³/mol. The average Bonchev–Trinajstić information content (AvgIpc) is 2.71. The summed E-state index contributed by atoms with van der Waals surface area (Å²) in [4.78, 5) is 12.4.